The van der Waals surface area contributed by atoms with Gasteiger partial charge in [0.25, 0.3) is 0 Å². The van der Waals surface area contributed by atoms with Crippen LogP contribution in [0.2, 0.25) is 0 Å². The van der Waals surface area contributed by atoms with Crippen molar-refractivity contribution in [2.45, 2.75) is 24.6 Å². The van der Waals surface area contributed by atoms with Gasteiger partial charge in [-0.05, 0) is 6.42 Å². The fraction of sp³-hybridized carbons (Fsp3) is 1.00. The molecule has 0 unspecified atom stereocenters. The second kappa shape index (κ2) is 2.69. The first-order valence-electron chi connectivity index (χ1n) is 3.18. The van der Waals surface area contributed by atoms with E-state index in [4.69, 9.17) is 14.9 Å². The van der Waals surface area contributed by atoms with Gasteiger partial charge in [0.15, 0.2) is 0 Å². The second-order valence-corrected chi connectivity index (χ2v) is 2.47. The molecular formula is C5H11BO3. The molecule has 4 heteroatoms. The Morgan fingerprint density at radius 2 is 2.33 bits per heavy atom. The van der Waals surface area contributed by atoms with Gasteiger partial charge in [-0.3, -0.25) is 0 Å². The molecule has 1 fully saturated rings. The van der Waals surface area contributed by atoms with E-state index < -0.39 is 6.10 Å². The molecule has 3 nitrogen and oxygen atoms in total. The highest BCUT2D eigenvalue weighted by atomic mass is 16.5. The molecule has 3 atom stereocenters. The number of aliphatic hydroxyl groups is 2. The monoisotopic (exact) mass is 130 g/mol. The molecule has 0 bridgehead atoms. The summed E-state index contributed by atoms with van der Waals surface area (Å²) >= 11 is 0. The molecule has 2 N–H and O–H groups in total. The molecule has 1 saturated heterocycles. The Hall–Kier alpha value is -0.0551. The Morgan fingerprint density at radius 1 is 1.67 bits per heavy atom. The van der Waals surface area contributed by atoms with Gasteiger partial charge in [-0.15, -0.1) is 0 Å². The van der Waals surface area contributed by atoms with Crippen molar-refractivity contribution in [2.24, 2.45) is 0 Å². The summed E-state index contributed by atoms with van der Waals surface area (Å²) in [6, 6.07) is 0.0946. The Morgan fingerprint density at radius 3 is 2.56 bits per heavy atom. The van der Waals surface area contributed by atoms with Gasteiger partial charge in [0, 0.05) is 6.00 Å². The van der Waals surface area contributed by atoms with E-state index in [2.05, 4.69) is 0 Å². The van der Waals surface area contributed by atoms with Crippen LogP contribution in [0.25, 0.3) is 0 Å². The minimum Gasteiger partial charge on any atom is -0.394 e. The van der Waals surface area contributed by atoms with Gasteiger partial charge in [-0.25, -0.2) is 0 Å². The molecule has 1 aliphatic rings. The molecule has 0 aromatic heterocycles. The van der Waals surface area contributed by atoms with Gasteiger partial charge in [0.2, 0.25) is 0 Å². The average Bonchev–Trinajstić information content (AvgIpc) is 2.10. The molecule has 0 aliphatic carbocycles. The van der Waals surface area contributed by atoms with E-state index in [0.717, 1.165) is 0 Å². The van der Waals surface area contributed by atoms with Crippen molar-refractivity contribution in [1.82, 2.24) is 0 Å². The normalized spacial score (nSPS) is 43.6. The van der Waals surface area contributed by atoms with Crippen LogP contribution in [0.4, 0.5) is 0 Å². The van der Waals surface area contributed by atoms with Crippen molar-refractivity contribution in [3.05, 3.63) is 0 Å². The Labute approximate surface area is 55.0 Å². The maximum absolute atomic E-state index is 9.07. The summed E-state index contributed by atoms with van der Waals surface area (Å²) in [6.07, 6.45) is -0.171. The van der Waals surface area contributed by atoms with E-state index in [1.165, 1.54) is 0 Å². The third-order valence-corrected chi connectivity index (χ3v) is 1.59. The average molecular weight is 130 g/mol. The number of ether oxygens (including phenoxy) is 1. The Kier molecular flexibility index (Phi) is 2.11. The summed E-state index contributed by atoms with van der Waals surface area (Å²) < 4.78 is 5.12. The molecule has 1 heterocycles. The molecule has 0 amide bonds. The predicted octanol–water partition coefficient (Wildman–Crippen LogP) is -1.91. The molecule has 0 radical (unpaired) electrons. The van der Waals surface area contributed by atoms with Crippen molar-refractivity contribution in [2.75, 3.05) is 6.61 Å². The molecule has 1 rings (SSSR count). The molecule has 0 saturated carbocycles. The first-order chi connectivity index (χ1) is 4.24. The second-order valence-electron chi connectivity index (χ2n) is 2.47. The molecule has 52 valence electrons. The van der Waals surface area contributed by atoms with Crippen molar-refractivity contribution in [1.29, 1.82) is 0 Å². The third kappa shape index (κ3) is 1.44. The van der Waals surface area contributed by atoms with Crippen LogP contribution in [-0.2, 0) is 4.74 Å². The first kappa shape index (κ1) is 7.06. The van der Waals surface area contributed by atoms with E-state index in [1.807, 2.05) is 7.85 Å². The maximum Gasteiger partial charge on any atom is 0.139 e. The zero-order valence-electron chi connectivity index (χ0n) is 5.45. The van der Waals surface area contributed by atoms with Gasteiger partial charge >= 0.3 is 0 Å². The number of hydrogen-bond acceptors (Lipinski definition) is 3. The Balaban J connectivity index is 2.38. The SMILES string of the molecule is B[C@H]1C[C@@H](O)[C@@H](CO)O1. The van der Waals surface area contributed by atoms with Gasteiger partial charge in [0.05, 0.1) is 12.7 Å². The predicted molar refractivity (Wildman–Crippen MR) is 34.9 cm³/mol. The van der Waals surface area contributed by atoms with E-state index >= 15 is 0 Å². The van der Waals surface area contributed by atoms with Crippen LogP contribution in [0.15, 0.2) is 0 Å². The van der Waals surface area contributed by atoms with Crippen LogP contribution in [0.3, 0.4) is 0 Å². The summed E-state index contributed by atoms with van der Waals surface area (Å²) in [5.74, 6) is 0. The van der Waals surface area contributed by atoms with Crippen molar-refractivity contribution in [3.63, 3.8) is 0 Å². The number of hydrogen-bond donors (Lipinski definition) is 2. The summed E-state index contributed by atoms with van der Waals surface area (Å²) in [5.41, 5.74) is 0. The van der Waals surface area contributed by atoms with Crippen LogP contribution in [0, 0.1) is 0 Å². The topological polar surface area (TPSA) is 49.7 Å². The minimum absolute atomic E-state index is 0.0779. The smallest absolute Gasteiger partial charge is 0.139 e. The molecule has 1 aliphatic heterocycles. The standard InChI is InChI=1S/C5H11BO3/c6-5-1-3(8)4(2-7)9-5/h3-5,7-8H,1-2,6H2/t3-,4-,5-/m1/s1. The fourth-order valence-electron chi connectivity index (χ4n) is 1.10. The van der Waals surface area contributed by atoms with E-state index in [0.29, 0.717) is 6.42 Å². The lowest BCUT2D eigenvalue weighted by molar-refractivity contribution is -0.00408. The summed E-state index contributed by atoms with van der Waals surface area (Å²) in [5, 5.41) is 17.6. The van der Waals surface area contributed by atoms with Crippen LogP contribution in [0.5, 0.6) is 0 Å². The lowest BCUT2D eigenvalue weighted by atomic mass is 9.96. The van der Waals surface area contributed by atoms with Gasteiger partial charge < -0.3 is 14.9 Å². The highest BCUT2D eigenvalue weighted by Gasteiger charge is 2.29. The van der Waals surface area contributed by atoms with Crippen molar-refractivity contribution < 1.29 is 14.9 Å². The number of rotatable bonds is 1. The minimum atomic E-state index is -0.468. The van der Waals surface area contributed by atoms with Gasteiger partial charge in [-0.1, -0.05) is 0 Å². The lowest BCUT2D eigenvalue weighted by Gasteiger charge is -2.08. The maximum atomic E-state index is 9.07. The van der Waals surface area contributed by atoms with Crippen LogP contribution in [0.1, 0.15) is 6.42 Å². The Bertz CT molecular complexity index is 98.2. The molecular weight excluding hydrogens is 119 g/mol. The van der Waals surface area contributed by atoms with Crippen molar-refractivity contribution >= 4 is 7.85 Å². The highest BCUT2D eigenvalue weighted by Crippen LogP contribution is 2.17. The van der Waals surface area contributed by atoms with Crippen LogP contribution in [-0.4, -0.2) is 42.9 Å². The van der Waals surface area contributed by atoms with Gasteiger partial charge in [-0.2, -0.15) is 0 Å². The van der Waals surface area contributed by atoms with Crippen LogP contribution >= 0.6 is 0 Å². The highest BCUT2D eigenvalue weighted by molar-refractivity contribution is 6.11. The largest absolute Gasteiger partial charge is 0.394 e. The molecule has 0 aromatic carbocycles. The summed E-state index contributed by atoms with van der Waals surface area (Å²) in [7, 11) is 1.89. The van der Waals surface area contributed by atoms with Gasteiger partial charge in [0.1, 0.15) is 14.0 Å². The molecule has 9 heavy (non-hydrogen) atoms. The first-order valence-corrected chi connectivity index (χ1v) is 3.18. The molecule has 0 spiro atoms. The molecule has 0 aromatic rings. The zero-order valence-corrected chi connectivity index (χ0v) is 5.45. The van der Waals surface area contributed by atoms with E-state index in [-0.39, 0.29) is 18.7 Å². The van der Waals surface area contributed by atoms with Crippen molar-refractivity contribution in [3.8, 4) is 0 Å². The zero-order chi connectivity index (χ0) is 6.85. The third-order valence-electron chi connectivity index (χ3n) is 1.59. The quantitative estimate of drug-likeness (QED) is 0.407. The number of aliphatic hydroxyl groups excluding tert-OH is 2. The van der Waals surface area contributed by atoms with E-state index in [9.17, 15) is 0 Å². The van der Waals surface area contributed by atoms with E-state index in [1.54, 1.807) is 0 Å². The summed E-state index contributed by atoms with van der Waals surface area (Å²) in [4.78, 5) is 0. The lowest BCUT2D eigenvalue weighted by Crippen LogP contribution is -2.24. The summed E-state index contributed by atoms with van der Waals surface area (Å²) in [6.45, 7) is -0.0779. The fourth-order valence-corrected chi connectivity index (χ4v) is 1.10. The van der Waals surface area contributed by atoms with Crippen LogP contribution < -0.4 is 0 Å².